The first-order valence-electron chi connectivity index (χ1n) is 8.64. The third kappa shape index (κ3) is 5.70. The average molecular weight is 460 g/mol. The summed E-state index contributed by atoms with van der Waals surface area (Å²) >= 11 is 12.1. The lowest BCUT2D eigenvalue weighted by Crippen LogP contribution is -2.33. The molecular formula is C21H15Cl2F4NO2. The highest BCUT2D eigenvalue weighted by molar-refractivity contribution is 6.42. The molecule has 0 fully saturated rings. The quantitative estimate of drug-likeness (QED) is 0.351. The van der Waals surface area contributed by atoms with E-state index in [2.05, 4.69) is 10.1 Å². The smallest absolute Gasteiger partial charge is 0.456 e. The van der Waals surface area contributed by atoms with E-state index in [1.54, 1.807) is 48.5 Å². The van der Waals surface area contributed by atoms with Gasteiger partial charge < -0.3 is 14.8 Å². The lowest BCUT2D eigenvalue weighted by atomic mass is 10.2. The molecule has 0 atom stereocenters. The van der Waals surface area contributed by atoms with Crippen molar-refractivity contribution < 1.29 is 27.0 Å². The Kier molecular flexibility index (Phi) is 6.95. The Balaban J connectivity index is 1.66. The van der Waals surface area contributed by atoms with Gasteiger partial charge in [-0.2, -0.15) is 17.6 Å². The molecule has 9 heteroatoms. The van der Waals surface area contributed by atoms with E-state index in [9.17, 15) is 17.6 Å². The summed E-state index contributed by atoms with van der Waals surface area (Å²) in [5, 5.41) is 3.75. The maximum Gasteiger partial charge on any atom is 0.461 e. The van der Waals surface area contributed by atoms with E-state index in [-0.39, 0.29) is 17.3 Å². The molecular weight excluding hydrogens is 445 g/mol. The number of rotatable bonds is 8. The number of anilines is 1. The number of halogens is 6. The Morgan fingerprint density at radius 1 is 0.900 bits per heavy atom. The zero-order valence-electron chi connectivity index (χ0n) is 15.2. The van der Waals surface area contributed by atoms with Gasteiger partial charge in [-0.15, -0.1) is 0 Å². The van der Waals surface area contributed by atoms with Crippen molar-refractivity contribution in [1.29, 1.82) is 0 Å². The molecule has 0 aliphatic rings. The van der Waals surface area contributed by atoms with Gasteiger partial charge in [-0.25, -0.2) is 0 Å². The van der Waals surface area contributed by atoms with Crippen LogP contribution in [0.25, 0.3) is 0 Å². The lowest BCUT2D eigenvalue weighted by molar-refractivity contribution is -0.253. The van der Waals surface area contributed by atoms with E-state index in [1.807, 2.05) is 0 Å². The topological polar surface area (TPSA) is 30.5 Å². The van der Waals surface area contributed by atoms with Gasteiger partial charge in [-0.3, -0.25) is 0 Å². The van der Waals surface area contributed by atoms with Crippen molar-refractivity contribution >= 4 is 28.9 Å². The minimum Gasteiger partial charge on any atom is -0.456 e. The van der Waals surface area contributed by atoms with Crippen molar-refractivity contribution in [3.8, 4) is 17.2 Å². The molecule has 0 radical (unpaired) electrons. The van der Waals surface area contributed by atoms with Crippen LogP contribution < -0.4 is 14.8 Å². The third-order valence-corrected chi connectivity index (χ3v) is 4.68. The minimum absolute atomic E-state index is 0.235. The SMILES string of the molecule is FC(F)C(F)(F)Oc1cccc(CNc2cccc(Oc3cccc(Cl)c3Cl)c2)c1. The van der Waals surface area contributed by atoms with Crippen molar-refractivity contribution in [1.82, 2.24) is 0 Å². The standard InChI is InChI=1S/C21H15Cl2F4NO2/c22-17-8-3-9-18(19(17)23)29-15-6-2-5-14(11-15)28-12-13-4-1-7-16(10-13)30-21(26,27)20(24)25/h1-11,20,28H,12H2. The molecule has 158 valence electrons. The predicted molar refractivity (Wildman–Crippen MR) is 108 cm³/mol. The molecule has 0 saturated carbocycles. The normalized spacial score (nSPS) is 11.4. The van der Waals surface area contributed by atoms with Gasteiger partial charge in [0.05, 0.1) is 5.02 Å². The van der Waals surface area contributed by atoms with Crippen LogP contribution in [0.2, 0.25) is 10.0 Å². The molecule has 0 amide bonds. The maximum atomic E-state index is 13.1. The lowest BCUT2D eigenvalue weighted by Gasteiger charge is -2.17. The molecule has 3 aromatic rings. The van der Waals surface area contributed by atoms with Gasteiger partial charge in [0.15, 0.2) is 0 Å². The van der Waals surface area contributed by atoms with Gasteiger partial charge in [0.1, 0.15) is 22.3 Å². The number of hydrogen-bond acceptors (Lipinski definition) is 3. The molecule has 0 bridgehead atoms. The molecule has 30 heavy (non-hydrogen) atoms. The van der Waals surface area contributed by atoms with Gasteiger partial charge in [-0.1, -0.05) is 47.5 Å². The first-order valence-corrected chi connectivity index (χ1v) is 9.40. The summed E-state index contributed by atoms with van der Waals surface area (Å²) in [4.78, 5) is 0. The van der Waals surface area contributed by atoms with Crippen LogP contribution in [0.3, 0.4) is 0 Å². The van der Waals surface area contributed by atoms with E-state index < -0.39 is 12.5 Å². The zero-order chi connectivity index (χ0) is 21.7. The summed E-state index contributed by atoms with van der Waals surface area (Å²) in [7, 11) is 0. The van der Waals surface area contributed by atoms with Crippen LogP contribution in [0.1, 0.15) is 5.56 Å². The number of ether oxygens (including phenoxy) is 2. The second-order valence-corrected chi connectivity index (χ2v) is 6.93. The molecule has 3 rings (SSSR count). The summed E-state index contributed by atoms with van der Waals surface area (Å²) in [5.74, 6) is 0.538. The van der Waals surface area contributed by atoms with Crippen LogP contribution in [-0.4, -0.2) is 12.5 Å². The predicted octanol–water partition coefficient (Wildman–Crippen LogP) is 7.63. The monoisotopic (exact) mass is 459 g/mol. The van der Waals surface area contributed by atoms with E-state index in [0.717, 1.165) is 0 Å². The maximum absolute atomic E-state index is 13.1. The second kappa shape index (κ2) is 9.45. The van der Waals surface area contributed by atoms with Gasteiger partial charge in [0, 0.05) is 18.3 Å². The molecule has 0 saturated heterocycles. The molecule has 3 aromatic carbocycles. The number of alkyl halides is 4. The Hall–Kier alpha value is -2.64. The van der Waals surface area contributed by atoms with Gasteiger partial charge in [0.25, 0.3) is 0 Å². The summed E-state index contributed by atoms with van der Waals surface area (Å²) in [6, 6.07) is 17.5. The molecule has 0 spiro atoms. The van der Waals surface area contributed by atoms with Crippen molar-refractivity contribution in [2.45, 2.75) is 19.1 Å². The molecule has 1 N–H and O–H groups in total. The summed E-state index contributed by atoms with van der Waals surface area (Å²) in [6.45, 7) is 0.235. The van der Waals surface area contributed by atoms with Gasteiger partial charge in [-0.05, 0) is 42.0 Å². The largest absolute Gasteiger partial charge is 0.461 e. The molecule has 0 heterocycles. The van der Waals surface area contributed by atoms with Crippen LogP contribution in [0.4, 0.5) is 23.2 Å². The van der Waals surface area contributed by atoms with Crippen LogP contribution in [-0.2, 0) is 6.54 Å². The number of hydrogen-bond donors (Lipinski definition) is 1. The first-order chi connectivity index (χ1) is 14.2. The Labute approximate surface area is 180 Å². The number of nitrogens with one attached hydrogen (secondary N) is 1. The Bertz CT molecular complexity index is 1020. The molecule has 0 aliphatic heterocycles. The minimum atomic E-state index is -4.56. The highest BCUT2D eigenvalue weighted by atomic mass is 35.5. The Morgan fingerprint density at radius 2 is 1.60 bits per heavy atom. The van der Waals surface area contributed by atoms with E-state index in [0.29, 0.717) is 27.8 Å². The van der Waals surface area contributed by atoms with Crippen molar-refractivity contribution in [3.63, 3.8) is 0 Å². The summed E-state index contributed by atoms with van der Waals surface area (Å²) in [5.41, 5.74) is 1.23. The average Bonchev–Trinajstić information content (AvgIpc) is 2.70. The van der Waals surface area contributed by atoms with Crippen molar-refractivity contribution in [2.75, 3.05) is 5.32 Å². The fourth-order valence-corrected chi connectivity index (χ4v) is 2.81. The van der Waals surface area contributed by atoms with Crippen LogP contribution in [0.5, 0.6) is 17.2 Å². The number of benzene rings is 3. The zero-order valence-corrected chi connectivity index (χ0v) is 16.7. The molecule has 0 aliphatic carbocycles. The van der Waals surface area contributed by atoms with Crippen LogP contribution in [0.15, 0.2) is 66.7 Å². The first kappa shape index (κ1) is 22.1. The molecule has 0 aromatic heterocycles. The Morgan fingerprint density at radius 3 is 2.37 bits per heavy atom. The van der Waals surface area contributed by atoms with Crippen molar-refractivity contribution in [2.24, 2.45) is 0 Å². The van der Waals surface area contributed by atoms with Gasteiger partial charge >= 0.3 is 12.5 Å². The third-order valence-electron chi connectivity index (χ3n) is 3.88. The van der Waals surface area contributed by atoms with Gasteiger partial charge in [0.2, 0.25) is 0 Å². The van der Waals surface area contributed by atoms with Crippen LogP contribution >= 0.6 is 23.2 Å². The highest BCUT2D eigenvalue weighted by Crippen LogP contribution is 2.35. The van der Waals surface area contributed by atoms with Crippen molar-refractivity contribution in [3.05, 3.63) is 82.3 Å². The fraction of sp³-hybridized carbons (Fsp3) is 0.143. The van der Waals surface area contributed by atoms with E-state index >= 15 is 0 Å². The fourth-order valence-electron chi connectivity index (χ4n) is 2.48. The molecule has 0 unspecified atom stereocenters. The van der Waals surface area contributed by atoms with Crippen LogP contribution in [0, 0.1) is 0 Å². The molecule has 3 nitrogen and oxygen atoms in total. The van der Waals surface area contributed by atoms with E-state index in [1.165, 1.54) is 18.2 Å². The summed E-state index contributed by atoms with van der Waals surface area (Å²) in [6.07, 6.45) is -8.48. The second-order valence-electron chi connectivity index (χ2n) is 6.15. The summed E-state index contributed by atoms with van der Waals surface area (Å²) < 4.78 is 60.6. The highest BCUT2D eigenvalue weighted by Gasteiger charge is 2.43. The van der Waals surface area contributed by atoms with E-state index in [4.69, 9.17) is 27.9 Å².